The second-order valence-electron chi connectivity index (χ2n) is 4.42. The van der Waals surface area contributed by atoms with Gasteiger partial charge in [0.15, 0.2) is 0 Å². The van der Waals surface area contributed by atoms with Crippen molar-refractivity contribution < 1.29 is 14.3 Å². The molecular formula is C14H22N2O3. The van der Waals surface area contributed by atoms with Gasteiger partial charge in [-0.05, 0) is 38.6 Å². The molecule has 1 aromatic rings. The number of ether oxygens (including phenoxy) is 2. The number of rotatable bonds is 7. The van der Waals surface area contributed by atoms with Crippen molar-refractivity contribution in [2.24, 2.45) is 0 Å². The van der Waals surface area contributed by atoms with Gasteiger partial charge in [0.1, 0.15) is 12.4 Å². The molecule has 0 saturated carbocycles. The van der Waals surface area contributed by atoms with Crippen LogP contribution in [0, 0.1) is 0 Å². The highest BCUT2D eigenvalue weighted by molar-refractivity contribution is 5.67. The van der Waals surface area contributed by atoms with E-state index >= 15 is 0 Å². The molecule has 2 N–H and O–H groups in total. The van der Waals surface area contributed by atoms with E-state index in [1.807, 2.05) is 45.2 Å². The van der Waals surface area contributed by atoms with Crippen molar-refractivity contribution in [3.8, 4) is 5.75 Å². The van der Waals surface area contributed by atoms with Crippen molar-refractivity contribution in [1.29, 1.82) is 0 Å². The molecular weight excluding hydrogens is 244 g/mol. The van der Waals surface area contributed by atoms with E-state index in [4.69, 9.17) is 9.47 Å². The molecule has 0 bridgehead atoms. The van der Waals surface area contributed by atoms with Gasteiger partial charge in [-0.15, -0.1) is 0 Å². The number of hydrogen-bond acceptors (Lipinski definition) is 4. The lowest BCUT2D eigenvalue weighted by Crippen LogP contribution is -2.30. The van der Waals surface area contributed by atoms with Crippen molar-refractivity contribution >= 4 is 6.09 Å². The SMILES string of the molecule is CNCCNC(=O)OCc1ccc(OC(C)C)cc1. The van der Waals surface area contributed by atoms with Crippen LogP contribution in [0.4, 0.5) is 4.79 Å². The quantitative estimate of drug-likeness (QED) is 0.740. The largest absolute Gasteiger partial charge is 0.491 e. The Hall–Kier alpha value is -1.75. The number of benzene rings is 1. The summed E-state index contributed by atoms with van der Waals surface area (Å²) in [4.78, 5) is 11.3. The van der Waals surface area contributed by atoms with Crippen LogP contribution < -0.4 is 15.4 Å². The van der Waals surface area contributed by atoms with Gasteiger partial charge in [0.05, 0.1) is 6.10 Å². The number of hydrogen-bond donors (Lipinski definition) is 2. The molecule has 0 aliphatic heterocycles. The Bertz CT molecular complexity index is 377. The molecule has 0 spiro atoms. The van der Waals surface area contributed by atoms with E-state index in [-0.39, 0.29) is 12.7 Å². The maximum Gasteiger partial charge on any atom is 0.407 e. The monoisotopic (exact) mass is 266 g/mol. The van der Waals surface area contributed by atoms with Crippen LogP contribution in [0.15, 0.2) is 24.3 Å². The molecule has 0 aliphatic rings. The normalized spacial score (nSPS) is 10.3. The fraction of sp³-hybridized carbons (Fsp3) is 0.500. The highest BCUT2D eigenvalue weighted by Crippen LogP contribution is 2.14. The van der Waals surface area contributed by atoms with Crippen molar-refractivity contribution in [2.45, 2.75) is 26.6 Å². The van der Waals surface area contributed by atoms with Gasteiger partial charge >= 0.3 is 6.09 Å². The molecule has 19 heavy (non-hydrogen) atoms. The van der Waals surface area contributed by atoms with Gasteiger partial charge in [-0.3, -0.25) is 0 Å². The van der Waals surface area contributed by atoms with Crippen LogP contribution in [0.2, 0.25) is 0 Å². The van der Waals surface area contributed by atoms with Gasteiger partial charge in [0.25, 0.3) is 0 Å². The van der Waals surface area contributed by atoms with E-state index in [9.17, 15) is 4.79 Å². The first-order valence-corrected chi connectivity index (χ1v) is 6.42. The maximum atomic E-state index is 11.3. The van der Waals surface area contributed by atoms with Crippen LogP contribution in [-0.2, 0) is 11.3 Å². The van der Waals surface area contributed by atoms with E-state index in [1.54, 1.807) is 0 Å². The lowest BCUT2D eigenvalue weighted by atomic mass is 10.2. The molecule has 1 amide bonds. The van der Waals surface area contributed by atoms with Crippen LogP contribution in [-0.4, -0.2) is 32.3 Å². The summed E-state index contributed by atoms with van der Waals surface area (Å²) in [5, 5.41) is 5.58. The number of carbonyl (C=O) groups is 1. The first-order valence-electron chi connectivity index (χ1n) is 6.42. The third-order valence-electron chi connectivity index (χ3n) is 2.31. The van der Waals surface area contributed by atoms with E-state index < -0.39 is 6.09 Å². The second-order valence-corrected chi connectivity index (χ2v) is 4.42. The zero-order valence-corrected chi connectivity index (χ0v) is 11.7. The molecule has 0 saturated heterocycles. The Labute approximate surface area is 114 Å². The minimum absolute atomic E-state index is 0.153. The lowest BCUT2D eigenvalue weighted by molar-refractivity contribution is 0.140. The van der Waals surface area contributed by atoms with Gasteiger partial charge in [-0.1, -0.05) is 12.1 Å². The predicted molar refractivity (Wildman–Crippen MR) is 74.3 cm³/mol. The molecule has 0 aromatic heterocycles. The minimum atomic E-state index is -0.405. The Morgan fingerprint density at radius 3 is 2.47 bits per heavy atom. The van der Waals surface area contributed by atoms with Gasteiger partial charge < -0.3 is 20.1 Å². The smallest absolute Gasteiger partial charge is 0.407 e. The summed E-state index contributed by atoms with van der Waals surface area (Å²) < 4.78 is 10.6. The molecule has 0 aliphatic carbocycles. The third kappa shape index (κ3) is 6.67. The minimum Gasteiger partial charge on any atom is -0.491 e. The van der Waals surface area contributed by atoms with Crippen molar-refractivity contribution in [3.05, 3.63) is 29.8 Å². The molecule has 0 fully saturated rings. The Morgan fingerprint density at radius 2 is 1.89 bits per heavy atom. The van der Waals surface area contributed by atoms with Crippen LogP contribution in [0.3, 0.4) is 0 Å². The predicted octanol–water partition coefficient (Wildman–Crippen LogP) is 1.92. The first kappa shape index (κ1) is 15.3. The second kappa shape index (κ2) is 8.37. The zero-order chi connectivity index (χ0) is 14.1. The van der Waals surface area contributed by atoms with Gasteiger partial charge in [-0.25, -0.2) is 4.79 Å². The maximum absolute atomic E-state index is 11.3. The third-order valence-corrected chi connectivity index (χ3v) is 2.31. The molecule has 0 atom stereocenters. The van der Waals surface area contributed by atoms with Crippen LogP contribution in [0.5, 0.6) is 5.75 Å². The lowest BCUT2D eigenvalue weighted by Gasteiger charge is -2.10. The number of amides is 1. The van der Waals surface area contributed by atoms with Crippen LogP contribution in [0.1, 0.15) is 19.4 Å². The molecule has 106 valence electrons. The number of carbonyl (C=O) groups excluding carboxylic acids is 1. The Balaban J connectivity index is 2.31. The summed E-state index contributed by atoms with van der Waals surface area (Å²) in [5.41, 5.74) is 0.930. The van der Waals surface area contributed by atoms with E-state index in [0.717, 1.165) is 17.9 Å². The summed E-state index contributed by atoms with van der Waals surface area (Å²) in [7, 11) is 1.83. The molecule has 5 nitrogen and oxygen atoms in total. The standard InChI is InChI=1S/C14H22N2O3/c1-11(2)19-13-6-4-12(5-7-13)10-18-14(17)16-9-8-15-3/h4-7,11,15H,8-10H2,1-3H3,(H,16,17). The van der Waals surface area contributed by atoms with Crippen LogP contribution >= 0.6 is 0 Å². The molecule has 5 heteroatoms. The molecule has 1 rings (SSSR count). The zero-order valence-electron chi connectivity index (χ0n) is 11.7. The summed E-state index contributed by atoms with van der Waals surface area (Å²) >= 11 is 0. The van der Waals surface area contributed by atoms with E-state index in [2.05, 4.69) is 10.6 Å². The average molecular weight is 266 g/mol. The van der Waals surface area contributed by atoms with Crippen molar-refractivity contribution in [1.82, 2.24) is 10.6 Å². The highest BCUT2D eigenvalue weighted by Gasteiger charge is 2.02. The Morgan fingerprint density at radius 1 is 1.21 bits per heavy atom. The summed E-state index contributed by atoms with van der Waals surface area (Å²) in [6.45, 7) is 5.49. The van der Waals surface area contributed by atoms with Gasteiger partial charge in [-0.2, -0.15) is 0 Å². The number of alkyl carbamates (subject to hydrolysis) is 1. The number of likely N-dealkylation sites (N-methyl/N-ethyl adjacent to an activating group) is 1. The summed E-state index contributed by atoms with van der Waals surface area (Å²) in [6, 6.07) is 7.52. The fourth-order valence-corrected chi connectivity index (χ4v) is 1.43. The molecule has 1 aromatic carbocycles. The fourth-order valence-electron chi connectivity index (χ4n) is 1.43. The molecule has 0 heterocycles. The van der Waals surface area contributed by atoms with E-state index in [0.29, 0.717) is 6.54 Å². The summed E-state index contributed by atoms with van der Waals surface area (Å²) in [5.74, 6) is 0.817. The van der Waals surface area contributed by atoms with Crippen molar-refractivity contribution in [2.75, 3.05) is 20.1 Å². The summed E-state index contributed by atoms with van der Waals surface area (Å²) in [6.07, 6.45) is -0.252. The van der Waals surface area contributed by atoms with Crippen molar-refractivity contribution in [3.63, 3.8) is 0 Å². The molecule has 0 radical (unpaired) electrons. The van der Waals surface area contributed by atoms with Gasteiger partial charge in [0.2, 0.25) is 0 Å². The van der Waals surface area contributed by atoms with E-state index in [1.165, 1.54) is 0 Å². The van der Waals surface area contributed by atoms with Crippen LogP contribution in [0.25, 0.3) is 0 Å². The van der Waals surface area contributed by atoms with Gasteiger partial charge in [0, 0.05) is 13.1 Å². The Kier molecular flexibility index (Phi) is 6.74. The first-order chi connectivity index (χ1) is 9.11. The topological polar surface area (TPSA) is 59.6 Å². The number of nitrogens with one attached hydrogen (secondary N) is 2. The molecule has 0 unspecified atom stereocenters. The average Bonchev–Trinajstić information content (AvgIpc) is 2.37. The highest BCUT2D eigenvalue weighted by atomic mass is 16.5.